The third-order valence-electron chi connectivity index (χ3n) is 3.92. The highest BCUT2D eigenvalue weighted by Gasteiger charge is 2.15. The summed E-state index contributed by atoms with van der Waals surface area (Å²) < 4.78 is 40.4. The van der Waals surface area contributed by atoms with Gasteiger partial charge >= 0.3 is 0 Å². The van der Waals surface area contributed by atoms with Crippen LogP contribution in [0, 0.1) is 5.82 Å². The molecule has 0 saturated carbocycles. The Balaban J connectivity index is 1.69. The first kappa shape index (κ1) is 15.8. The highest BCUT2D eigenvalue weighted by molar-refractivity contribution is 7.91. The molecule has 0 aliphatic carbocycles. The maximum atomic E-state index is 13.6. The van der Waals surface area contributed by atoms with Gasteiger partial charge < -0.3 is 4.90 Å². The summed E-state index contributed by atoms with van der Waals surface area (Å²) in [5.41, 5.74) is 1.75. The van der Waals surface area contributed by atoms with Gasteiger partial charge in [0.05, 0.1) is 5.75 Å². The Morgan fingerprint density at radius 2 is 1.65 bits per heavy atom. The molecular formula is C17H19FN2O2S. The molecule has 1 aliphatic heterocycles. The maximum absolute atomic E-state index is 13.6. The molecule has 0 unspecified atom stereocenters. The van der Waals surface area contributed by atoms with Crippen LogP contribution in [-0.4, -0.2) is 21.5 Å². The number of sulfonamides is 1. The number of benzene rings is 2. The van der Waals surface area contributed by atoms with Crippen molar-refractivity contribution in [3.63, 3.8) is 0 Å². The molecule has 1 fully saturated rings. The summed E-state index contributed by atoms with van der Waals surface area (Å²) in [4.78, 5) is 2.28. The van der Waals surface area contributed by atoms with Crippen LogP contribution in [0.2, 0.25) is 0 Å². The van der Waals surface area contributed by atoms with Gasteiger partial charge in [-0.15, -0.1) is 0 Å². The van der Waals surface area contributed by atoms with E-state index in [1.165, 1.54) is 31.0 Å². The second-order valence-corrected chi connectivity index (χ2v) is 7.42. The Morgan fingerprint density at radius 3 is 2.30 bits per heavy atom. The minimum absolute atomic E-state index is 0.161. The zero-order valence-electron chi connectivity index (χ0n) is 12.7. The van der Waals surface area contributed by atoms with Gasteiger partial charge in [-0.05, 0) is 43.2 Å². The van der Waals surface area contributed by atoms with E-state index < -0.39 is 15.8 Å². The normalized spacial score (nSPS) is 14.9. The molecule has 0 aromatic heterocycles. The van der Waals surface area contributed by atoms with Crippen molar-refractivity contribution in [1.82, 2.24) is 0 Å². The molecule has 1 aliphatic rings. The van der Waals surface area contributed by atoms with E-state index in [2.05, 4.69) is 9.62 Å². The predicted octanol–water partition coefficient (Wildman–Crippen LogP) is 3.37. The van der Waals surface area contributed by atoms with Crippen molar-refractivity contribution in [1.29, 1.82) is 0 Å². The number of halogens is 1. The van der Waals surface area contributed by atoms with E-state index in [1.807, 2.05) is 12.1 Å². The zero-order valence-corrected chi connectivity index (χ0v) is 13.5. The second-order valence-electron chi connectivity index (χ2n) is 5.69. The molecule has 3 rings (SSSR count). The average molecular weight is 334 g/mol. The minimum Gasteiger partial charge on any atom is -0.372 e. The number of rotatable bonds is 5. The summed E-state index contributed by atoms with van der Waals surface area (Å²) in [6.45, 7) is 2.08. The van der Waals surface area contributed by atoms with Crippen LogP contribution in [0.5, 0.6) is 0 Å². The van der Waals surface area contributed by atoms with Crippen molar-refractivity contribution in [3.8, 4) is 0 Å². The van der Waals surface area contributed by atoms with Gasteiger partial charge in [0.2, 0.25) is 10.0 Å². The quantitative estimate of drug-likeness (QED) is 0.912. The summed E-state index contributed by atoms with van der Waals surface area (Å²) in [5, 5.41) is 0. The van der Waals surface area contributed by atoms with Crippen LogP contribution >= 0.6 is 0 Å². The smallest absolute Gasteiger partial charge is 0.237 e. The molecule has 2 aromatic carbocycles. The van der Waals surface area contributed by atoms with Crippen molar-refractivity contribution >= 4 is 21.4 Å². The topological polar surface area (TPSA) is 49.4 Å². The molecule has 0 radical (unpaired) electrons. The van der Waals surface area contributed by atoms with Gasteiger partial charge in [-0.2, -0.15) is 0 Å². The van der Waals surface area contributed by atoms with E-state index in [0.29, 0.717) is 5.69 Å². The van der Waals surface area contributed by atoms with Gasteiger partial charge in [0.1, 0.15) is 5.82 Å². The Hall–Kier alpha value is -2.08. The zero-order chi connectivity index (χ0) is 16.3. The molecule has 0 atom stereocenters. The Bertz CT molecular complexity index is 769. The fourth-order valence-electron chi connectivity index (χ4n) is 2.75. The minimum atomic E-state index is -3.65. The molecule has 4 nitrogen and oxygen atoms in total. The van der Waals surface area contributed by atoms with Gasteiger partial charge in [0.15, 0.2) is 0 Å². The van der Waals surface area contributed by atoms with Crippen LogP contribution in [0.4, 0.5) is 15.8 Å². The lowest BCUT2D eigenvalue weighted by atomic mass is 10.2. The number of anilines is 2. The molecule has 122 valence electrons. The number of nitrogens with zero attached hydrogens (tertiary/aromatic N) is 1. The van der Waals surface area contributed by atoms with Crippen molar-refractivity contribution in [2.75, 3.05) is 22.7 Å². The van der Waals surface area contributed by atoms with Gasteiger partial charge in [-0.25, -0.2) is 12.8 Å². The Kier molecular flexibility index (Phi) is 4.52. The summed E-state index contributed by atoms with van der Waals surface area (Å²) in [7, 11) is -3.65. The van der Waals surface area contributed by atoms with Crippen LogP contribution in [0.25, 0.3) is 0 Å². The summed E-state index contributed by atoms with van der Waals surface area (Å²) in [5.74, 6) is -0.893. The summed E-state index contributed by atoms with van der Waals surface area (Å²) in [6, 6.07) is 13.2. The van der Waals surface area contributed by atoms with E-state index in [-0.39, 0.29) is 11.3 Å². The number of hydrogen-bond acceptors (Lipinski definition) is 3. The van der Waals surface area contributed by atoms with Crippen LogP contribution < -0.4 is 9.62 Å². The van der Waals surface area contributed by atoms with Crippen LogP contribution in [0.15, 0.2) is 48.5 Å². The Morgan fingerprint density at radius 1 is 1.00 bits per heavy atom. The molecule has 1 N–H and O–H groups in total. The van der Waals surface area contributed by atoms with Crippen molar-refractivity contribution in [2.24, 2.45) is 0 Å². The monoisotopic (exact) mass is 334 g/mol. The first-order valence-corrected chi connectivity index (χ1v) is 9.28. The second kappa shape index (κ2) is 6.58. The fourth-order valence-corrected chi connectivity index (χ4v) is 3.96. The lowest BCUT2D eigenvalue weighted by molar-refractivity contribution is 0.591. The molecular weight excluding hydrogens is 315 g/mol. The number of hydrogen-bond donors (Lipinski definition) is 1. The average Bonchev–Trinajstić information content (AvgIpc) is 3.04. The summed E-state index contributed by atoms with van der Waals surface area (Å²) in [6.07, 6.45) is 2.38. The van der Waals surface area contributed by atoms with Crippen molar-refractivity contribution in [2.45, 2.75) is 18.6 Å². The fraction of sp³-hybridized carbons (Fsp3) is 0.294. The third kappa shape index (κ3) is 4.01. The molecule has 1 heterocycles. The van der Waals surface area contributed by atoms with E-state index in [1.54, 1.807) is 18.2 Å². The summed E-state index contributed by atoms with van der Waals surface area (Å²) >= 11 is 0. The Labute approximate surface area is 136 Å². The van der Waals surface area contributed by atoms with E-state index >= 15 is 0 Å². The molecule has 0 bridgehead atoms. The maximum Gasteiger partial charge on any atom is 0.237 e. The van der Waals surface area contributed by atoms with Crippen molar-refractivity contribution in [3.05, 3.63) is 59.9 Å². The van der Waals surface area contributed by atoms with E-state index in [9.17, 15) is 12.8 Å². The SMILES string of the molecule is O=S(=O)(Cc1ccccc1F)Nc1ccc(N2CCCC2)cc1. The largest absolute Gasteiger partial charge is 0.372 e. The molecule has 0 spiro atoms. The van der Waals surface area contributed by atoms with Crippen LogP contribution in [-0.2, 0) is 15.8 Å². The first-order valence-electron chi connectivity index (χ1n) is 7.62. The van der Waals surface area contributed by atoms with Gasteiger partial charge in [0, 0.05) is 30.0 Å². The first-order chi connectivity index (χ1) is 11.0. The highest BCUT2D eigenvalue weighted by Crippen LogP contribution is 2.23. The third-order valence-corrected chi connectivity index (χ3v) is 5.15. The van der Waals surface area contributed by atoms with Gasteiger partial charge in [-0.1, -0.05) is 18.2 Å². The van der Waals surface area contributed by atoms with E-state index in [4.69, 9.17) is 0 Å². The van der Waals surface area contributed by atoms with Crippen molar-refractivity contribution < 1.29 is 12.8 Å². The predicted molar refractivity (Wildman–Crippen MR) is 90.5 cm³/mol. The molecule has 2 aromatic rings. The molecule has 23 heavy (non-hydrogen) atoms. The molecule has 1 saturated heterocycles. The molecule has 0 amide bonds. The van der Waals surface area contributed by atoms with Gasteiger partial charge in [0.25, 0.3) is 0 Å². The lowest BCUT2D eigenvalue weighted by Crippen LogP contribution is -2.18. The van der Waals surface area contributed by atoms with Gasteiger partial charge in [-0.3, -0.25) is 4.72 Å². The van der Waals surface area contributed by atoms with Crippen LogP contribution in [0.3, 0.4) is 0 Å². The number of nitrogens with one attached hydrogen (secondary N) is 1. The van der Waals surface area contributed by atoms with Crippen LogP contribution in [0.1, 0.15) is 18.4 Å². The standard InChI is InChI=1S/C17H19FN2O2S/c18-17-6-2-1-5-14(17)13-23(21,22)19-15-7-9-16(10-8-15)20-11-3-4-12-20/h1-2,5-10,19H,3-4,11-13H2. The molecule has 6 heteroatoms. The lowest BCUT2D eigenvalue weighted by Gasteiger charge is -2.18. The highest BCUT2D eigenvalue weighted by atomic mass is 32.2. The van der Waals surface area contributed by atoms with E-state index in [0.717, 1.165) is 18.8 Å².